The van der Waals surface area contributed by atoms with Crippen molar-refractivity contribution < 1.29 is 14.6 Å². The molecule has 0 aliphatic carbocycles. The van der Waals surface area contributed by atoms with Gasteiger partial charge >= 0.3 is 0 Å². The number of halogens is 1. The van der Waals surface area contributed by atoms with E-state index < -0.39 is 0 Å². The minimum absolute atomic E-state index is 0.204. The first kappa shape index (κ1) is 18.1. The molecule has 2 heterocycles. The molecular formula is C14H22BrN5O3. The number of likely N-dealkylation sites (N-methyl/N-ethyl adjacent to an activating group) is 1. The van der Waals surface area contributed by atoms with E-state index in [2.05, 4.69) is 25.9 Å². The number of ether oxygens (including phenoxy) is 2. The number of aliphatic hydroxyl groups is 1. The molecule has 1 aromatic heterocycles. The van der Waals surface area contributed by atoms with Gasteiger partial charge in [-0.05, 0) is 35.2 Å². The molecular weight excluding hydrogens is 366 g/mol. The average molecular weight is 388 g/mol. The fourth-order valence-corrected chi connectivity index (χ4v) is 2.49. The van der Waals surface area contributed by atoms with Crippen LogP contribution in [0.3, 0.4) is 0 Å². The fraction of sp³-hybridized carbons (Fsp3) is 0.571. The third-order valence-electron chi connectivity index (χ3n) is 3.50. The minimum Gasteiger partial charge on any atom is -0.395 e. The average Bonchev–Trinajstić information content (AvgIpc) is 2.56. The molecule has 9 heteroatoms. The molecule has 1 aromatic rings. The van der Waals surface area contributed by atoms with Gasteiger partial charge in [-0.15, -0.1) is 0 Å². The van der Waals surface area contributed by atoms with Crippen molar-refractivity contribution in [2.24, 2.45) is 11.6 Å². The van der Waals surface area contributed by atoms with Crippen molar-refractivity contribution in [3.8, 4) is 0 Å². The SMILES string of the molecule is CN(N)/C(COC1CCCCO1)=C(\N)c1cnc(Br)c(CO)n1. The quantitative estimate of drug-likeness (QED) is 0.482. The maximum absolute atomic E-state index is 9.28. The third-order valence-corrected chi connectivity index (χ3v) is 4.16. The van der Waals surface area contributed by atoms with E-state index in [1.165, 1.54) is 11.2 Å². The normalized spacial score (nSPS) is 19.4. The maximum atomic E-state index is 9.28. The van der Waals surface area contributed by atoms with Gasteiger partial charge in [-0.2, -0.15) is 0 Å². The summed E-state index contributed by atoms with van der Waals surface area (Å²) in [7, 11) is 1.67. The van der Waals surface area contributed by atoms with E-state index in [1.807, 2.05) is 0 Å². The molecule has 1 saturated heterocycles. The van der Waals surface area contributed by atoms with Gasteiger partial charge in [-0.25, -0.2) is 15.8 Å². The van der Waals surface area contributed by atoms with E-state index in [-0.39, 0.29) is 19.5 Å². The van der Waals surface area contributed by atoms with Crippen molar-refractivity contribution in [2.45, 2.75) is 32.2 Å². The molecule has 0 aromatic carbocycles. The molecule has 2 rings (SSSR count). The first-order valence-corrected chi connectivity index (χ1v) is 8.15. The van der Waals surface area contributed by atoms with E-state index in [0.29, 0.717) is 34.0 Å². The molecule has 1 aliphatic rings. The van der Waals surface area contributed by atoms with E-state index in [4.69, 9.17) is 21.1 Å². The lowest BCUT2D eigenvalue weighted by Gasteiger charge is -2.25. The summed E-state index contributed by atoms with van der Waals surface area (Å²) in [5, 5.41) is 10.7. The molecule has 8 nitrogen and oxygen atoms in total. The van der Waals surface area contributed by atoms with E-state index in [0.717, 1.165) is 19.3 Å². The number of nitrogens with two attached hydrogens (primary N) is 2. The van der Waals surface area contributed by atoms with Crippen LogP contribution in [0.4, 0.5) is 0 Å². The van der Waals surface area contributed by atoms with Crippen LogP contribution >= 0.6 is 15.9 Å². The maximum Gasteiger partial charge on any atom is 0.158 e. The molecule has 0 bridgehead atoms. The van der Waals surface area contributed by atoms with Crippen LogP contribution in [0.5, 0.6) is 0 Å². The highest BCUT2D eigenvalue weighted by molar-refractivity contribution is 9.10. The number of nitrogens with zero attached hydrogens (tertiary/aromatic N) is 3. The summed E-state index contributed by atoms with van der Waals surface area (Å²) in [5.41, 5.74) is 7.92. The Morgan fingerprint density at radius 2 is 2.35 bits per heavy atom. The van der Waals surface area contributed by atoms with E-state index in [9.17, 15) is 5.11 Å². The lowest BCUT2D eigenvalue weighted by molar-refractivity contribution is -0.158. The Balaban J connectivity index is 2.17. The molecule has 0 spiro atoms. The van der Waals surface area contributed by atoms with E-state index >= 15 is 0 Å². The van der Waals surface area contributed by atoms with Gasteiger partial charge in [0.15, 0.2) is 6.29 Å². The molecule has 23 heavy (non-hydrogen) atoms. The molecule has 5 N–H and O–H groups in total. The van der Waals surface area contributed by atoms with Crippen molar-refractivity contribution in [3.63, 3.8) is 0 Å². The van der Waals surface area contributed by atoms with Crippen LogP contribution in [0.2, 0.25) is 0 Å². The van der Waals surface area contributed by atoms with Crippen LogP contribution in [-0.2, 0) is 16.1 Å². The highest BCUT2D eigenvalue weighted by atomic mass is 79.9. The van der Waals surface area contributed by atoms with Crippen LogP contribution in [0.1, 0.15) is 30.7 Å². The van der Waals surface area contributed by atoms with Gasteiger partial charge in [0.2, 0.25) is 0 Å². The van der Waals surface area contributed by atoms with Crippen molar-refractivity contribution in [2.75, 3.05) is 20.3 Å². The van der Waals surface area contributed by atoms with Crippen LogP contribution in [0.25, 0.3) is 5.70 Å². The predicted molar refractivity (Wildman–Crippen MR) is 88.3 cm³/mol. The second kappa shape index (κ2) is 8.55. The lowest BCUT2D eigenvalue weighted by atomic mass is 10.2. The summed E-state index contributed by atoms with van der Waals surface area (Å²) in [6, 6.07) is 0. The van der Waals surface area contributed by atoms with Crippen molar-refractivity contribution in [1.29, 1.82) is 0 Å². The molecule has 0 radical (unpaired) electrons. The van der Waals surface area contributed by atoms with E-state index in [1.54, 1.807) is 7.05 Å². The lowest BCUT2D eigenvalue weighted by Crippen LogP contribution is -2.33. The Morgan fingerprint density at radius 1 is 1.57 bits per heavy atom. The van der Waals surface area contributed by atoms with Crippen LogP contribution in [0, 0.1) is 0 Å². The van der Waals surface area contributed by atoms with Crippen LogP contribution in [-0.4, -0.2) is 46.6 Å². The zero-order valence-corrected chi connectivity index (χ0v) is 14.6. The van der Waals surface area contributed by atoms with Crippen LogP contribution in [0.15, 0.2) is 16.5 Å². The molecule has 0 amide bonds. The predicted octanol–water partition coefficient (Wildman–Crippen LogP) is 0.707. The first-order chi connectivity index (χ1) is 11.0. The molecule has 1 fully saturated rings. The highest BCUT2D eigenvalue weighted by Crippen LogP contribution is 2.19. The molecule has 1 atom stereocenters. The second-order valence-electron chi connectivity index (χ2n) is 5.23. The molecule has 1 unspecified atom stereocenters. The second-order valence-corrected chi connectivity index (χ2v) is 5.98. The first-order valence-electron chi connectivity index (χ1n) is 7.35. The number of hydrazine groups is 1. The zero-order valence-electron chi connectivity index (χ0n) is 13.0. The monoisotopic (exact) mass is 387 g/mol. The standard InChI is InChI=1S/C14H22BrN5O3/c1-20(17)11(8-23-12-4-2-3-5-22-12)13(16)9-6-18-14(15)10(7-21)19-9/h6,12,21H,2-5,7-8,16-17H2,1H3/b13-11-. The van der Waals surface area contributed by atoms with Gasteiger partial charge in [-0.1, -0.05) is 0 Å². The van der Waals surface area contributed by atoms with Crippen molar-refractivity contribution in [3.05, 3.63) is 27.9 Å². The summed E-state index contributed by atoms with van der Waals surface area (Å²) in [4.78, 5) is 8.40. The number of rotatable bonds is 6. The molecule has 128 valence electrons. The number of hydrogen-bond donors (Lipinski definition) is 3. The van der Waals surface area contributed by atoms with Gasteiger partial charge in [0.1, 0.15) is 10.3 Å². The van der Waals surface area contributed by atoms with Crippen molar-refractivity contribution >= 4 is 21.6 Å². The summed E-state index contributed by atoms with van der Waals surface area (Å²) in [6.07, 6.45) is 4.26. The summed E-state index contributed by atoms with van der Waals surface area (Å²) in [6.45, 7) is 0.667. The fourth-order valence-electron chi connectivity index (χ4n) is 2.17. The highest BCUT2D eigenvalue weighted by Gasteiger charge is 2.18. The van der Waals surface area contributed by atoms with Gasteiger partial charge in [0, 0.05) is 13.7 Å². The zero-order chi connectivity index (χ0) is 16.8. The third kappa shape index (κ3) is 4.85. The minimum atomic E-state index is -0.241. The smallest absolute Gasteiger partial charge is 0.158 e. The van der Waals surface area contributed by atoms with Gasteiger partial charge in [0.25, 0.3) is 0 Å². The molecule has 1 aliphatic heterocycles. The van der Waals surface area contributed by atoms with Crippen molar-refractivity contribution in [1.82, 2.24) is 15.0 Å². The number of aliphatic hydroxyl groups excluding tert-OH is 1. The Bertz CT molecular complexity index is 561. The summed E-state index contributed by atoms with van der Waals surface area (Å²) >= 11 is 3.22. The summed E-state index contributed by atoms with van der Waals surface area (Å²) < 4.78 is 11.8. The Hall–Kier alpha value is -1.26. The van der Waals surface area contributed by atoms with Gasteiger partial charge < -0.3 is 25.3 Å². The Kier molecular flexibility index (Phi) is 6.72. The topological polar surface area (TPSA) is 120 Å². The van der Waals surface area contributed by atoms with Crippen LogP contribution < -0.4 is 11.6 Å². The Morgan fingerprint density at radius 3 is 2.96 bits per heavy atom. The number of aromatic nitrogens is 2. The number of hydrogen-bond acceptors (Lipinski definition) is 8. The molecule has 0 saturated carbocycles. The van der Waals surface area contributed by atoms with Gasteiger partial charge in [0.05, 0.1) is 36.5 Å². The largest absolute Gasteiger partial charge is 0.395 e. The Labute approximate surface area is 143 Å². The van der Waals surface area contributed by atoms with Gasteiger partial charge in [-0.3, -0.25) is 0 Å². The summed E-state index contributed by atoms with van der Waals surface area (Å²) in [5.74, 6) is 5.86.